The first-order chi connectivity index (χ1) is 8.79. The second-order valence-electron chi connectivity index (χ2n) is 4.06. The van der Waals surface area contributed by atoms with Gasteiger partial charge in [0.2, 0.25) is 0 Å². The van der Waals surface area contributed by atoms with Gasteiger partial charge < -0.3 is 10.5 Å². The lowest BCUT2D eigenvalue weighted by atomic mass is 10.1. The number of benzene rings is 2. The van der Waals surface area contributed by atoms with Crippen LogP contribution in [0.15, 0.2) is 53.0 Å². The lowest BCUT2D eigenvalue weighted by molar-refractivity contribution is 0.305. The van der Waals surface area contributed by atoms with E-state index in [1.807, 2.05) is 36.4 Å². The third-order valence-corrected chi connectivity index (χ3v) is 3.48. The Morgan fingerprint density at radius 3 is 2.39 bits per heavy atom. The van der Waals surface area contributed by atoms with E-state index in [4.69, 9.17) is 10.5 Å². The molecule has 0 aliphatic carbocycles. The van der Waals surface area contributed by atoms with Crippen LogP contribution in [-0.4, -0.2) is 6.54 Å². The van der Waals surface area contributed by atoms with Crippen molar-refractivity contribution in [3.63, 3.8) is 0 Å². The Hall–Kier alpha value is -1.32. The third kappa shape index (κ3) is 3.59. The lowest BCUT2D eigenvalue weighted by Crippen LogP contribution is -2.02. The maximum Gasteiger partial charge on any atom is 0.119 e. The molecule has 0 saturated heterocycles. The fourth-order valence-corrected chi connectivity index (χ4v) is 2.09. The average Bonchev–Trinajstić information content (AvgIpc) is 2.40. The summed E-state index contributed by atoms with van der Waals surface area (Å²) in [5.74, 6) is 0.881. The molecule has 0 amide bonds. The Morgan fingerprint density at radius 1 is 1.00 bits per heavy atom. The maximum atomic E-state index is 5.74. The molecule has 0 radical (unpaired) electrons. The number of hydrogen-bond acceptors (Lipinski definition) is 2. The molecule has 2 aromatic rings. The van der Waals surface area contributed by atoms with E-state index in [-0.39, 0.29) is 0 Å². The normalized spacial score (nSPS) is 10.3. The van der Waals surface area contributed by atoms with Crippen LogP contribution in [0.4, 0.5) is 0 Å². The minimum atomic E-state index is 0.567. The minimum absolute atomic E-state index is 0.567. The van der Waals surface area contributed by atoms with E-state index < -0.39 is 0 Å². The van der Waals surface area contributed by atoms with Gasteiger partial charge in [0.1, 0.15) is 12.4 Å². The quantitative estimate of drug-likeness (QED) is 0.917. The van der Waals surface area contributed by atoms with E-state index in [0.717, 1.165) is 22.2 Å². The van der Waals surface area contributed by atoms with Crippen LogP contribution in [0.5, 0.6) is 5.75 Å². The smallest absolute Gasteiger partial charge is 0.119 e. The molecule has 0 heterocycles. The van der Waals surface area contributed by atoms with Gasteiger partial charge in [-0.25, -0.2) is 0 Å². The molecule has 0 spiro atoms. The van der Waals surface area contributed by atoms with Crippen LogP contribution < -0.4 is 10.5 Å². The van der Waals surface area contributed by atoms with Crippen molar-refractivity contribution in [1.29, 1.82) is 0 Å². The largest absolute Gasteiger partial charge is 0.489 e. The van der Waals surface area contributed by atoms with Crippen LogP contribution in [0.2, 0.25) is 0 Å². The van der Waals surface area contributed by atoms with Gasteiger partial charge in [0.25, 0.3) is 0 Å². The summed E-state index contributed by atoms with van der Waals surface area (Å²) < 4.78 is 6.82. The zero-order valence-electron chi connectivity index (χ0n) is 10.1. The summed E-state index contributed by atoms with van der Waals surface area (Å²) in [7, 11) is 0. The van der Waals surface area contributed by atoms with E-state index in [2.05, 4.69) is 28.1 Å². The Labute approximate surface area is 116 Å². The zero-order valence-corrected chi connectivity index (χ0v) is 11.7. The van der Waals surface area contributed by atoms with Gasteiger partial charge in [0.15, 0.2) is 0 Å². The summed E-state index contributed by atoms with van der Waals surface area (Å²) in [6, 6.07) is 16.2. The molecule has 0 fully saturated rings. The number of ether oxygens (including phenoxy) is 1. The monoisotopic (exact) mass is 305 g/mol. The molecular weight excluding hydrogens is 290 g/mol. The van der Waals surface area contributed by atoms with E-state index in [1.54, 1.807) is 0 Å². The Bertz CT molecular complexity index is 496. The molecule has 0 aromatic heterocycles. The average molecular weight is 306 g/mol. The van der Waals surface area contributed by atoms with Gasteiger partial charge in [0.05, 0.1) is 0 Å². The highest BCUT2D eigenvalue weighted by Crippen LogP contribution is 2.19. The van der Waals surface area contributed by atoms with E-state index in [1.165, 1.54) is 5.56 Å². The summed E-state index contributed by atoms with van der Waals surface area (Å²) in [5, 5.41) is 0. The molecule has 0 aliphatic rings. The van der Waals surface area contributed by atoms with Crippen molar-refractivity contribution >= 4 is 15.9 Å². The molecule has 2 aromatic carbocycles. The zero-order chi connectivity index (χ0) is 12.8. The molecule has 0 atom stereocenters. The Balaban J connectivity index is 1.96. The molecule has 2 N–H and O–H groups in total. The second-order valence-corrected chi connectivity index (χ2v) is 4.92. The molecule has 2 rings (SSSR count). The van der Waals surface area contributed by atoms with Crippen LogP contribution >= 0.6 is 15.9 Å². The van der Waals surface area contributed by atoms with Crippen LogP contribution in [0.3, 0.4) is 0 Å². The first-order valence-corrected chi connectivity index (χ1v) is 6.74. The van der Waals surface area contributed by atoms with Gasteiger partial charge >= 0.3 is 0 Å². The first-order valence-electron chi connectivity index (χ1n) is 5.95. The van der Waals surface area contributed by atoms with Crippen molar-refractivity contribution in [2.45, 2.75) is 13.0 Å². The summed E-state index contributed by atoms with van der Waals surface area (Å²) in [5.41, 5.74) is 7.90. The number of nitrogens with two attached hydrogens (primary N) is 1. The van der Waals surface area contributed by atoms with Gasteiger partial charge in [-0.3, -0.25) is 0 Å². The van der Waals surface area contributed by atoms with E-state index >= 15 is 0 Å². The van der Waals surface area contributed by atoms with Crippen molar-refractivity contribution < 1.29 is 4.74 Å². The van der Waals surface area contributed by atoms with E-state index in [0.29, 0.717) is 13.2 Å². The van der Waals surface area contributed by atoms with Crippen LogP contribution in [0, 0.1) is 0 Å². The molecule has 94 valence electrons. The van der Waals surface area contributed by atoms with Crippen molar-refractivity contribution in [3.8, 4) is 5.75 Å². The standard InChI is InChI=1S/C15H16BrNO/c16-15-4-2-1-3-13(15)11-18-14-7-5-12(6-8-14)9-10-17/h1-8H,9-11,17H2. The summed E-state index contributed by atoms with van der Waals surface area (Å²) >= 11 is 3.51. The third-order valence-electron chi connectivity index (χ3n) is 2.71. The topological polar surface area (TPSA) is 35.2 Å². The van der Waals surface area contributed by atoms with Gasteiger partial charge in [-0.1, -0.05) is 46.3 Å². The van der Waals surface area contributed by atoms with Crippen molar-refractivity contribution in [1.82, 2.24) is 0 Å². The van der Waals surface area contributed by atoms with Crippen molar-refractivity contribution in [2.75, 3.05) is 6.54 Å². The SMILES string of the molecule is NCCc1ccc(OCc2ccccc2Br)cc1. The fourth-order valence-electron chi connectivity index (χ4n) is 1.70. The van der Waals surface area contributed by atoms with Crippen LogP contribution in [0.1, 0.15) is 11.1 Å². The fraction of sp³-hybridized carbons (Fsp3) is 0.200. The van der Waals surface area contributed by atoms with Gasteiger partial charge in [-0.05, 0) is 36.7 Å². The molecule has 0 unspecified atom stereocenters. The number of hydrogen-bond donors (Lipinski definition) is 1. The number of rotatable bonds is 5. The predicted molar refractivity (Wildman–Crippen MR) is 77.7 cm³/mol. The van der Waals surface area contributed by atoms with Gasteiger partial charge in [0, 0.05) is 10.0 Å². The highest BCUT2D eigenvalue weighted by atomic mass is 79.9. The molecule has 3 heteroatoms. The Kier molecular flexibility index (Phi) is 4.79. The summed E-state index contributed by atoms with van der Waals surface area (Å²) in [6.45, 7) is 1.24. The molecule has 0 bridgehead atoms. The minimum Gasteiger partial charge on any atom is -0.489 e. The molecule has 18 heavy (non-hydrogen) atoms. The first kappa shape index (κ1) is 13.1. The van der Waals surface area contributed by atoms with Gasteiger partial charge in [-0.2, -0.15) is 0 Å². The Morgan fingerprint density at radius 2 is 1.72 bits per heavy atom. The van der Waals surface area contributed by atoms with Crippen LogP contribution in [0.25, 0.3) is 0 Å². The van der Waals surface area contributed by atoms with Crippen molar-refractivity contribution in [2.24, 2.45) is 5.73 Å². The highest BCUT2D eigenvalue weighted by molar-refractivity contribution is 9.10. The number of halogens is 1. The highest BCUT2D eigenvalue weighted by Gasteiger charge is 2.00. The summed E-state index contributed by atoms with van der Waals surface area (Å²) in [6.07, 6.45) is 0.907. The van der Waals surface area contributed by atoms with E-state index in [9.17, 15) is 0 Å². The molecule has 2 nitrogen and oxygen atoms in total. The summed E-state index contributed by atoms with van der Waals surface area (Å²) in [4.78, 5) is 0. The second kappa shape index (κ2) is 6.57. The van der Waals surface area contributed by atoms with Crippen molar-refractivity contribution in [3.05, 3.63) is 64.1 Å². The molecule has 0 aliphatic heterocycles. The van der Waals surface area contributed by atoms with Gasteiger partial charge in [-0.15, -0.1) is 0 Å². The lowest BCUT2D eigenvalue weighted by Gasteiger charge is -2.08. The predicted octanol–water partition coefficient (Wildman–Crippen LogP) is 3.53. The molecular formula is C15H16BrNO. The van der Waals surface area contributed by atoms with Crippen LogP contribution in [-0.2, 0) is 13.0 Å². The molecule has 0 saturated carbocycles. The maximum absolute atomic E-state index is 5.74.